The molecule has 1 aliphatic heterocycles. The predicted octanol–water partition coefficient (Wildman–Crippen LogP) is 5.33. The number of fused-ring (bicyclic) bond motifs is 1. The van der Waals surface area contributed by atoms with Crippen LogP contribution in [0.5, 0.6) is 5.75 Å². The Balaban J connectivity index is 1.45. The highest BCUT2D eigenvalue weighted by Crippen LogP contribution is 2.39. The van der Waals surface area contributed by atoms with Crippen LogP contribution in [-0.4, -0.2) is 53.8 Å². The number of halogens is 1. The Bertz CT molecular complexity index is 1440. The van der Waals surface area contributed by atoms with Gasteiger partial charge >= 0.3 is 5.97 Å². The van der Waals surface area contributed by atoms with Gasteiger partial charge in [0.2, 0.25) is 18.7 Å². The molecule has 1 unspecified atom stereocenters. The Labute approximate surface area is 235 Å². The minimum atomic E-state index is -0.991. The van der Waals surface area contributed by atoms with E-state index in [4.69, 9.17) is 9.72 Å². The van der Waals surface area contributed by atoms with Gasteiger partial charge in [0.15, 0.2) is 5.13 Å². The van der Waals surface area contributed by atoms with Crippen LogP contribution < -0.4 is 14.5 Å². The zero-order chi connectivity index (χ0) is 28.4. The lowest BCUT2D eigenvalue weighted by Crippen LogP contribution is -2.35. The van der Waals surface area contributed by atoms with Gasteiger partial charge in [-0.1, -0.05) is 25.7 Å². The van der Waals surface area contributed by atoms with Gasteiger partial charge in [0.05, 0.1) is 18.5 Å². The van der Waals surface area contributed by atoms with E-state index in [2.05, 4.69) is 4.98 Å². The summed E-state index contributed by atoms with van der Waals surface area (Å²) in [5, 5.41) is 11.7. The molecule has 2 aromatic heterocycles. The maximum atomic E-state index is 13.4. The molecule has 210 valence electrons. The van der Waals surface area contributed by atoms with E-state index in [1.165, 1.54) is 21.1 Å². The Morgan fingerprint density at radius 2 is 2.02 bits per heavy atom. The maximum absolute atomic E-state index is 13.4. The smallest absolute Gasteiger partial charge is 0.304 e. The Morgan fingerprint density at radius 3 is 2.75 bits per heavy atom. The lowest BCUT2D eigenvalue weighted by molar-refractivity contribution is -0.140. The summed E-state index contributed by atoms with van der Waals surface area (Å²) in [4.78, 5) is 49.3. The Kier molecular flexibility index (Phi) is 8.11. The van der Waals surface area contributed by atoms with Crippen molar-refractivity contribution in [2.24, 2.45) is 11.8 Å². The Hall–Kier alpha value is -3.86. The fourth-order valence-corrected chi connectivity index (χ4v) is 6.46. The number of aliphatic carboxylic acids is 1. The summed E-state index contributed by atoms with van der Waals surface area (Å²) < 4.78 is 18.1. The van der Waals surface area contributed by atoms with Crippen molar-refractivity contribution in [3.63, 3.8) is 0 Å². The molecule has 11 heteroatoms. The van der Waals surface area contributed by atoms with Gasteiger partial charge in [-0.15, -0.1) is 11.3 Å². The zero-order valence-electron chi connectivity index (χ0n) is 22.4. The number of hydrogen-bond acceptors (Lipinski definition) is 7. The Morgan fingerprint density at radius 1 is 1.25 bits per heavy atom. The number of carboxylic acids is 1. The highest BCUT2D eigenvalue weighted by atomic mass is 32.1. The van der Waals surface area contributed by atoms with Gasteiger partial charge in [0, 0.05) is 48.3 Å². The topological polar surface area (TPSA) is 113 Å². The van der Waals surface area contributed by atoms with E-state index in [0.717, 1.165) is 42.4 Å². The minimum Gasteiger partial charge on any atom is -0.481 e. The van der Waals surface area contributed by atoms with Crippen molar-refractivity contribution in [3.05, 3.63) is 41.4 Å². The molecule has 1 fully saturated rings. The third-order valence-electron chi connectivity index (χ3n) is 7.75. The van der Waals surface area contributed by atoms with E-state index in [1.54, 1.807) is 43.9 Å². The number of aromatic nitrogens is 2. The van der Waals surface area contributed by atoms with Crippen LogP contribution in [0.15, 0.2) is 35.8 Å². The lowest BCUT2D eigenvalue weighted by Gasteiger charge is -2.23. The summed E-state index contributed by atoms with van der Waals surface area (Å²) >= 11 is 1.27. The zero-order valence-corrected chi connectivity index (χ0v) is 23.2. The summed E-state index contributed by atoms with van der Waals surface area (Å²) in [7, 11) is 3.31. The number of ether oxygens (including phenoxy) is 1. The SMILES string of the molecule is CN(C(=O)C(CC(=O)O)CC1CCCC1)c1nc(-c2cc(OCF)ccc2-c2cnc3c(c2)CC(=O)N3C)cs1. The molecule has 1 atom stereocenters. The lowest BCUT2D eigenvalue weighted by atomic mass is 9.90. The number of pyridine rings is 1. The van der Waals surface area contributed by atoms with E-state index in [0.29, 0.717) is 40.3 Å². The summed E-state index contributed by atoms with van der Waals surface area (Å²) in [5.41, 5.74) is 3.55. The molecule has 3 heterocycles. The number of hydrogen-bond donors (Lipinski definition) is 1. The summed E-state index contributed by atoms with van der Waals surface area (Å²) in [6.45, 7) is -0.987. The van der Waals surface area contributed by atoms with Crippen molar-refractivity contribution in [2.45, 2.75) is 44.9 Å². The molecule has 9 nitrogen and oxygen atoms in total. The molecule has 1 N–H and O–H groups in total. The quantitative estimate of drug-likeness (QED) is 0.353. The number of rotatable bonds is 10. The largest absolute Gasteiger partial charge is 0.481 e. The number of alkyl halides is 1. The van der Waals surface area contributed by atoms with Crippen LogP contribution in [0.1, 0.15) is 44.1 Å². The van der Waals surface area contributed by atoms with E-state index >= 15 is 0 Å². The van der Waals surface area contributed by atoms with Crippen molar-refractivity contribution in [1.29, 1.82) is 0 Å². The van der Waals surface area contributed by atoms with Crippen LogP contribution in [0, 0.1) is 11.8 Å². The second-order valence-corrected chi connectivity index (χ2v) is 11.2. The third kappa shape index (κ3) is 5.70. The number of benzene rings is 1. The monoisotopic (exact) mass is 566 g/mol. The number of carbonyl (C=O) groups is 3. The standard InChI is InChI=1S/C29H31FN4O5S/c1-33-25(35)11-18-10-20(14-31-27(18)33)22-8-7-21(39-16-30)13-23(22)24-15-40-29(32-24)34(2)28(38)19(12-26(36)37)9-17-5-3-4-6-17/h7-8,10,13-15,17,19H,3-6,9,11-12,16H2,1-2H3,(H,36,37). The summed E-state index contributed by atoms with van der Waals surface area (Å²) in [6, 6.07) is 7.06. The van der Waals surface area contributed by atoms with Crippen molar-refractivity contribution in [3.8, 4) is 28.1 Å². The first-order chi connectivity index (χ1) is 19.2. The normalized spacial score (nSPS) is 15.8. The molecule has 5 rings (SSSR count). The molecule has 40 heavy (non-hydrogen) atoms. The van der Waals surface area contributed by atoms with Crippen LogP contribution in [0.4, 0.5) is 15.3 Å². The summed E-state index contributed by atoms with van der Waals surface area (Å²) in [6.07, 6.45) is 6.57. The van der Waals surface area contributed by atoms with Gasteiger partial charge in [-0.25, -0.2) is 14.4 Å². The molecule has 0 radical (unpaired) electrons. The second-order valence-electron chi connectivity index (χ2n) is 10.4. The number of carbonyl (C=O) groups excluding carboxylic acids is 2. The van der Waals surface area contributed by atoms with Gasteiger partial charge < -0.3 is 9.84 Å². The van der Waals surface area contributed by atoms with Gasteiger partial charge in [0.25, 0.3) is 0 Å². The van der Waals surface area contributed by atoms with E-state index in [-0.39, 0.29) is 24.7 Å². The van der Waals surface area contributed by atoms with E-state index < -0.39 is 18.7 Å². The molecule has 3 aromatic rings. The summed E-state index contributed by atoms with van der Waals surface area (Å²) in [5.74, 6) is -0.591. The molecule has 1 aromatic carbocycles. The molecule has 1 saturated carbocycles. The van der Waals surface area contributed by atoms with Gasteiger partial charge in [-0.2, -0.15) is 0 Å². The maximum Gasteiger partial charge on any atom is 0.304 e. The highest BCUT2D eigenvalue weighted by Gasteiger charge is 2.31. The number of likely N-dealkylation sites (N-methyl/N-ethyl adjacent to an activating group) is 1. The number of carboxylic acid groups (broad SMARTS) is 1. The van der Waals surface area contributed by atoms with Gasteiger partial charge in [-0.3, -0.25) is 24.2 Å². The first-order valence-corrected chi connectivity index (χ1v) is 14.2. The molecular formula is C29H31FN4O5S. The third-order valence-corrected chi connectivity index (χ3v) is 8.67. The second kappa shape index (κ2) is 11.7. The minimum absolute atomic E-state index is 0.0300. The number of anilines is 2. The average molecular weight is 567 g/mol. The number of nitrogens with zero attached hydrogens (tertiary/aromatic N) is 4. The van der Waals surface area contributed by atoms with E-state index in [1.807, 2.05) is 6.07 Å². The fraction of sp³-hybridized carbons (Fsp3) is 0.414. The van der Waals surface area contributed by atoms with Crippen molar-refractivity contribution in [2.75, 3.05) is 30.8 Å². The number of thiazole rings is 1. The van der Waals surface area contributed by atoms with Crippen LogP contribution >= 0.6 is 11.3 Å². The number of amides is 2. The van der Waals surface area contributed by atoms with Crippen molar-refractivity contribution >= 4 is 40.1 Å². The molecule has 2 aliphatic rings. The molecule has 0 saturated heterocycles. The molecule has 0 spiro atoms. The average Bonchev–Trinajstić information content (AvgIpc) is 3.69. The van der Waals surface area contributed by atoms with E-state index in [9.17, 15) is 23.9 Å². The van der Waals surface area contributed by atoms with Crippen LogP contribution in [0.2, 0.25) is 0 Å². The molecule has 2 amide bonds. The van der Waals surface area contributed by atoms with Gasteiger partial charge in [0.1, 0.15) is 11.6 Å². The van der Waals surface area contributed by atoms with Crippen molar-refractivity contribution in [1.82, 2.24) is 9.97 Å². The van der Waals surface area contributed by atoms with Crippen LogP contribution in [0.25, 0.3) is 22.4 Å². The molecular weight excluding hydrogens is 535 g/mol. The predicted molar refractivity (Wildman–Crippen MR) is 150 cm³/mol. The molecule has 1 aliphatic carbocycles. The first kappa shape index (κ1) is 27.7. The first-order valence-electron chi connectivity index (χ1n) is 13.3. The highest BCUT2D eigenvalue weighted by molar-refractivity contribution is 7.14. The van der Waals surface area contributed by atoms with Crippen LogP contribution in [-0.2, 0) is 20.8 Å². The van der Waals surface area contributed by atoms with Crippen molar-refractivity contribution < 1.29 is 28.6 Å². The molecule has 0 bridgehead atoms. The van der Waals surface area contributed by atoms with Crippen LogP contribution in [0.3, 0.4) is 0 Å². The fourth-order valence-electron chi connectivity index (χ4n) is 5.66. The van der Waals surface area contributed by atoms with Gasteiger partial charge in [-0.05, 0) is 42.2 Å².